The van der Waals surface area contributed by atoms with Gasteiger partial charge in [-0.3, -0.25) is 0 Å². The molecule has 0 radical (unpaired) electrons. The zero-order chi connectivity index (χ0) is 13.3. The lowest BCUT2D eigenvalue weighted by molar-refractivity contribution is 0.0228. The van der Waals surface area contributed by atoms with Crippen LogP contribution in [0.5, 0.6) is 5.75 Å². The van der Waals surface area contributed by atoms with E-state index in [1.807, 2.05) is 0 Å². The van der Waals surface area contributed by atoms with Crippen LogP contribution in [0.3, 0.4) is 0 Å². The summed E-state index contributed by atoms with van der Waals surface area (Å²) in [5.41, 5.74) is 1.37. The Balaban J connectivity index is 1.94. The van der Waals surface area contributed by atoms with Crippen molar-refractivity contribution in [3.63, 3.8) is 0 Å². The number of fused-ring (bicyclic) bond motifs is 1. The maximum Gasteiger partial charge on any atom is 0.125 e. The van der Waals surface area contributed by atoms with Gasteiger partial charge in [-0.2, -0.15) is 11.8 Å². The van der Waals surface area contributed by atoms with E-state index in [0.717, 1.165) is 23.2 Å². The maximum absolute atomic E-state index is 6.42. The number of rotatable bonds is 2. The fourth-order valence-electron chi connectivity index (χ4n) is 3.12. The minimum absolute atomic E-state index is 0.0684. The normalized spacial score (nSPS) is 24.8. The summed E-state index contributed by atoms with van der Waals surface area (Å²) in [7, 11) is 0. The zero-order valence-corrected chi connectivity index (χ0v) is 13.6. The Morgan fingerprint density at radius 1 is 1.42 bits per heavy atom. The third-order valence-corrected chi connectivity index (χ3v) is 5.58. The van der Waals surface area contributed by atoms with Gasteiger partial charge in [0.15, 0.2) is 0 Å². The lowest BCUT2D eigenvalue weighted by atomic mass is 9.83. The highest BCUT2D eigenvalue weighted by Gasteiger charge is 2.41. The second-order valence-electron chi connectivity index (χ2n) is 5.39. The van der Waals surface area contributed by atoms with Crippen molar-refractivity contribution in [2.75, 3.05) is 18.1 Å². The van der Waals surface area contributed by atoms with Crippen LogP contribution in [0.1, 0.15) is 37.8 Å². The molecule has 0 aromatic heterocycles. The predicted octanol–water partition coefficient (Wildman–Crippen LogP) is 4.15. The van der Waals surface area contributed by atoms with E-state index in [0.29, 0.717) is 6.04 Å². The zero-order valence-electron chi connectivity index (χ0n) is 11.2. The van der Waals surface area contributed by atoms with Crippen molar-refractivity contribution >= 4 is 27.7 Å². The molecule has 0 saturated carbocycles. The summed E-state index contributed by atoms with van der Waals surface area (Å²) in [6.45, 7) is 3.18. The molecule has 1 saturated heterocycles. The van der Waals surface area contributed by atoms with E-state index in [1.165, 1.54) is 29.9 Å². The van der Waals surface area contributed by atoms with Crippen molar-refractivity contribution in [1.29, 1.82) is 0 Å². The monoisotopic (exact) mass is 341 g/mol. The van der Waals surface area contributed by atoms with Crippen LogP contribution in [0.15, 0.2) is 22.7 Å². The van der Waals surface area contributed by atoms with Gasteiger partial charge in [0.1, 0.15) is 11.4 Å². The van der Waals surface area contributed by atoms with Crippen LogP contribution < -0.4 is 10.1 Å². The highest BCUT2D eigenvalue weighted by molar-refractivity contribution is 9.10. The lowest BCUT2D eigenvalue weighted by Gasteiger charge is -2.44. The molecule has 2 aliphatic rings. The average Bonchev–Trinajstić information content (AvgIpc) is 2.41. The molecule has 4 heteroatoms. The Morgan fingerprint density at radius 2 is 2.21 bits per heavy atom. The first-order valence-electron chi connectivity index (χ1n) is 7.02. The van der Waals surface area contributed by atoms with Crippen LogP contribution in [0, 0.1) is 0 Å². The Bertz CT molecular complexity index is 459. The molecule has 1 fully saturated rings. The van der Waals surface area contributed by atoms with Crippen LogP contribution >= 0.6 is 27.7 Å². The van der Waals surface area contributed by atoms with Crippen LogP contribution in [0.25, 0.3) is 0 Å². The number of benzene rings is 1. The van der Waals surface area contributed by atoms with Crippen LogP contribution in [0.4, 0.5) is 0 Å². The molecule has 0 bridgehead atoms. The molecule has 104 valence electrons. The first-order valence-corrected chi connectivity index (χ1v) is 8.97. The molecule has 1 atom stereocenters. The summed E-state index contributed by atoms with van der Waals surface area (Å²) in [6, 6.07) is 6.83. The Hall–Kier alpha value is -0.190. The fraction of sp³-hybridized carbons (Fsp3) is 0.600. The van der Waals surface area contributed by atoms with Crippen LogP contribution in [-0.2, 0) is 0 Å². The van der Waals surface area contributed by atoms with E-state index >= 15 is 0 Å². The quantitative estimate of drug-likeness (QED) is 0.873. The van der Waals surface area contributed by atoms with Crippen molar-refractivity contribution in [2.24, 2.45) is 0 Å². The molecule has 1 aromatic carbocycles. The minimum Gasteiger partial charge on any atom is -0.487 e. The summed E-state index contributed by atoms with van der Waals surface area (Å²) in [5, 5.41) is 3.63. The van der Waals surface area contributed by atoms with Crippen molar-refractivity contribution in [3.8, 4) is 5.75 Å². The highest BCUT2D eigenvalue weighted by Crippen LogP contribution is 2.46. The summed E-state index contributed by atoms with van der Waals surface area (Å²) in [5.74, 6) is 3.53. The minimum atomic E-state index is 0.0684. The third kappa shape index (κ3) is 2.81. The largest absolute Gasteiger partial charge is 0.487 e. The molecule has 19 heavy (non-hydrogen) atoms. The Kier molecular flexibility index (Phi) is 4.11. The van der Waals surface area contributed by atoms with Gasteiger partial charge in [-0.05, 0) is 49.1 Å². The Morgan fingerprint density at radius 3 is 2.95 bits per heavy atom. The van der Waals surface area contributed by atoms with Crippen LogP contribution in [-0.4, -0.2) is 23.7 Å². The molecule has 1 spiro atoms. The smallest absolute Gasteiger partial charge is 0.125 e. The summed E-state index contributed by atoms with van der Waals surface area (Å²) in [4.78, 5) is 0. The van der Waals surface area contributed by atoms with Crippen molar-refractivity contribution in [3.05, 3.63) is 28.2 Å². The van der Waals surface area contributed by atoms with E-state index in [1.54, 1.807) is 0 Å². The fourth-order valence-corrected chi connectivity index (χ4v) is 4.74. The molecule has 2 nitrogen and oxygen atoms in total. The van der Waals surface area contributed by atoms with E-state index < -0.39 is 0 Å². The van der Waals surface area contributed by atoms with Crippen molar-refractivity contribution in [2.45, 2.75) is 37.8 Å². The van der Waals surface area contributed by atoms with Gasteiger partial charge < -0.3 is 10.1 Å². The molecule has 1 N–H and O–H groups in total. The number of thioether (sulfide) groups is 1. The molecule has 1 aromatic rings. The summed E-state index contributed by atoms with van der Waals surface area (Å²) >= 11 is 5.62. The average molecular weight is 342 g/mol. The second kappa shape index (κ2) is 5.66. The van der Waals surface area contributed by atoms with Gasteiger partial charge in [-0.25, -0.2) is 0 Å². The van der Waals surface area contributed by atoms with Gasteiger partial charge >= 0.3 is 0 Å². The number of ether oxygens (including phenoxy) is 1. The second-order valence-corrected chi connectivity index (χ2v) is 7.53. The molecule has 2 aliphatic heterocycles. The Labute approximate surface area is 127 Å². The molecule has 0 aliphatic carbocycles. The summed E-state index contributed by atoms with van der Waals surface area (Å²) < 4.78 is 7.55. The van der Waals surface area contributed by atoms with Gasteiger partial charge in [-0.15, -0.1) is 0 Å². The first-order chi connectivity index (χ1) is 9.22. The first kappa shape index (κ1) is 13.8. The standard InChI is InChI=1S/C15H20BrNOS/c1-2-17-13-10-15(5-7-19-8-6-15)18-14-4-3-11(16)9-12(13)14/h3-4,9,13,17H,2,5-8,10H2,1H3. The van der Waals surface area contributed by atoms with Crippen molar-refractivity contribution in [1.82, 2.24) is 5.32 Å². The van der Waals surface area contributed by atoms with E-state index in [9.17, 15) is 0 Å². The maximum atomic E-state index is 6.42. The van der Waals surface area contributed by atoms with Crippen LogP contribution in [0.2, 0.25) is 0 Å². The van der Waals surface area contributed by atoms with Gasteiger partial charge in [0.05, 0.1) is 0 Å². The lowest BCUT2D eigenvalue weighted by Crippen LogP contribution is -2.46. The molecule has 3 rings (SSSR count). The number of halogens is 1. The van der Waals surface area contributed by atoms with E-state index in [2.05, 4.69) is 58.1 Å². The summed E-state index contributed by atoms with van der Waals surface area (Å²) in [6.07, 6.45) is 3.45. The SMILES string of the molecule is CCNC1CC2(CCSCC2)Oc2ccc(Br)cc21. The molecule has 1 unspecified atom stereocenters. The number of hydrogen-bond acceptors (Lipinski definition) is 3. The van der Waals surface area contributed by atoms with E-state index in [4.69, 9.17) is 4.74 Å². The third-order valence-electron chi connectivity index (χ3n) is 4.10. The van der Waals surface area contributed by atoms with E-state index in [-0.39, 0.29) is 5.60 Å². The molecule has 2 heterocycles. The topological polar surface area (TPSA) is 21.3 Å². The van der Waals surface area contributed by atoms with Gasteiger partial charge in [0.2, 0.25) is 0 Å². The molecule has 0 amide bonds. The highest BCUT2D eigenvalue weighted by atomic mass is 79.9. The molecular weight excluding hydrogens is 322 g/mol. The van der Waals surface area contributed by atoms with Gasteiger partial charge in [0, 0.05) is 22.5 Å². The van der Waals surface area contributed by atoms with Crippen molar-refractivity contribution < 1.29 is 4.74 Å². The molecular formula is C15H20BrNOS. The van der Waals surface area contributed by atoms with Gasteiger partial charge in [-0.1, -0.05) is 22.9 Å². The predicted molar refractivity (Wildman–Crippen MR) is 85.1 cm³/mol. The van der Waals surface area contributed by atoms with Gasteiger partial charge in [0.25, 0.3) is 0 Å². The number of hydrogen-bond donors (Lipinski definition) is 1. The number of nitrogens with one attached hydrogen (secondary N) is 1.